The molecule has 4 nitrogen and oxygen atoms in total. The summed E-state index contributed by atoms with van der Waals surface area (Å²) in [6, 6.07) is 13.8. The van der Waals surface area contributed by atoms with E-state index in [1.807, 2.05) is 13.8 Å². The van der Waals surface area contributed by atoms with Gasteiger partial charge in [0, 0.05) is 42.1 Å². The number of fused-ring (bicyclic) bond motifs is 3. The fraction of sp³-hybridized carbons (Fsp3) is 0.500. The molecule has 0 radical (unpaired) electrons. The Morgan fingerprint density at radius 1 is 1.12 bits per heavy atom. The fourth-order valence-corrected chi connectivity index (χ4v) is 7.98. The zero-order valence-electron chi connectivity index (χ0n) is 21.7. The van der Waals surface area contributed by atoms with Crippen molar-refractivity contribution in [3.8, 4) is 5.75 Å². The van der Waals surface area contributed by atoms with E-state index in [1.165, 1.54) is 39.0 Å². The highest BCUT2D eigenvalue weighted by molar-refractivity contribution is 5.94. The molecule has 2 aliphatic heterocycles. The summed E-state index contributed by atoms with van der Waals surface area (Å²) in [5.74, 6) is 1.15. The maximum Gasteiger partial charge on any atom is 0.151 e. The van der Waals surface area contributed by atoms with Gasteiger partial charge in [0.15, 0.2) is 6.10 Å². The highest BCUT2D eigenvalue weighted by atomic mass is 16.5. The number of likely N-dealkylation sites (N-methyl/N-ethyl adjacent to an activating group) is 1. The van der Waals surface area contributed by atoms with Crippen LogP contribution in [0.5, 0.6) is 5.75 Å². The lowest BCUT2D eigenvalue weighted by atomic mass is 9.44. The molecule has 2 aliphatic carbocycles. The van der Waals surface area contributed by atoms with E-state index < -0.39 is 0 Å². The van der Waals surface area contributed by atoms with Gasteiger partial charge in [-0.1, -0.05) is 51.1 Å². The van der Waals surface area contributed by atoms with Crippen LogP contribution < -0.4 is 9.64 Å². The molecule has 1 aromatic heterocycles. The van der Waals surface area contributed by atoms with Crippen molar-refractivity contribution in [1.29, 1.82) is 0 Å². The molecule has 178 valence electrons. The standard InChI is InChI=1S/C28H31N3O.C2H6/c1-16-10-11-17-14-21-27(2)15-19-23(29-20-9-7-6-8-18(20)24(19)30(3)4)26-28(27,12-13-31(21)5)22(17)25(16)32-26;1-2/h6-11,21,26H,12-15H2,1-5H3;1-2H3/t21-,26+,27+,28+;/m1./s1. The number of benzene rings is 2. The lowest BCUT2D eigenvalue weighted by molar-refractivity contribution is -0.0908. The molecule has 3 aromatic rings. The first-order valence-corrected chi connectivity index (χ1v) is 13.0. The molecule has 2 aromatic carbocycles. The number of para-hydroxylation sites is 1. The molecular formula is C30H37N3O. The maximum atomic E-state index is 7.02. The Morgan fingerprint density at radius 2 is 1.88 bits per heavy atom. The molecule has 34 heavy (non-hydrogen) atoms. The molecule has 2 bridgehead atoms. The molecule has 0 saturated carbocycles. The van der Waals surface area contributed by atoms with Crippen LogP contribution in [0.15, 0.2) is 36.4 Å². The van der Waals surface area contributed by atoms with Gasteiger partial charge in [0.25, 0.3) is 0 Å². The van der Waals surface area contributed by atoms with Gasteiger partial charge < -0.3 is 14.5 Å². The molecule has 7 rings (SSSR count). The first-order chi connectivity index (χ1) is 16.4. The van der Waals surface area contributed by atoms with Crippen LogP contribution in [0.4, 0.5) is 5.69 Å². The highest BCUT2D eigenvalue weighted by Crippen LogP contribution is 2.71. The number of rotatable bonds is 1. The summed E-state index contributed by atoms with van der Waals surface area (Å²) in [4.78, 5) is 10.2. The van der Waals surface area contributed by atoms with E-state index in [9.17, 15) is 0 Å². The number of nitrogens with zero attached hydrogens (tertiary/aromatic N) is 3. The van der Waals surface area contributed by atoms with Crippen LogP contribution in [-0.2, 0) is 18.3 Å². The summed E-state index contributed by atoms with van der Waals surface area (Å²) in [5, 5.41) is 1.25. The average Bonchev–Trinajstić information content (AvgIpc) is 3.18. The number of pyridine rings is 1. The van der Waals surface area contributed by atoms with Gasteiger partial charge >= 0.3 is 0 Å². The van der Waals surface area contributed by atoms with Crippen LogP contribution in [0.1, 0.15) is 61.2 Å². The van der Waals surface area contributed by atoms with E-state index in [1.54, 1.807) is 0 Å². The van der Waals surface area contributed by atoms with Crippen molar-refractivity contribution >= 4 is 16.6 Å². The Balaban J connectivity index is 0.00000106. The summed E-state index contributed by atoms with van der Waals surface area (Å²) >= 11 is 0. The normalized spacial score (nSPS) is 30.1. The smallest absolute Gasteiger partial charge is 0.151 e. The van der Waals surface area contributed by atoms with Crippen LogP contribution >= 0.6 is 0 Å². The molecule has 3 heterocycles. The van der Waals surface area contributed by atoms with Gasteiger partial charge in [-0.25, -0.2) is 4.98 Å². The minimum Gasteiger partial charge on any atom is -0.483 e. The SMILES string of the molecule is CC.Cc1ccc2c3c1O[C@H]1c4nc5ccccc5c(N(C)C)c4C[C@@]4(C)[C@@H](C2)N(C)CC[C@]314. The first-order valence-electron chi connectivity index (χ1n) is 13.0. The summed E-state index contributed by atoms with van der Waals surface area (Å²) in [6.07, 6.45) is 3.29. The quantitative estimate of drug-likeness (QED) is 0.462. The molecule has 1 spiro atoms. The topological polar surface area (TPSA) is 28.6 Å². The van der Waals surface area contributed by atoms with E-state index >= 15 is 0 Å². The Morgan fingerprint density at radius 3 is 2.65 bits per heavy atom. The number of likely N-dealkylation sites (tertiary alicyclic amines) is 1. The number of hydrogen-bond acceptors (Lipinski definition) is 4. The van der Waals surface area contributed by atoms with Gasteiger partial charge in [0.2, 0.25) is 0 Å². The van der Waals surface area contributed by atoms with Crippen molar-refractivity contribution in [2.75, 3.05) is 32.6 Å². The van der Waals surface area contributed by atoms with Gasteiger partial charge in [0.05, 0.1) is 22.3 Å². The molecule has 1 saturated heterocycles. The molecule has 4 heteroatoms. The molecule has 1 fully saturated rings. The number of piperidine rings is 1. The van der Waals surface area contributed by atoms with Crippen molar-refractivity contribution in [3.63, 3.8) is 0 Å². The zero-order chi connectivity index (χ0) is 24.0. The average molecular weight is 456 g/mol. The summed E-state index contributed by atoms with van der Waals surface area (Å²) in [6.45, 7) is 9.89. The largest absolute Gasteiger partial charge is 0.483 e. The highest BCUT2D eigenvalue weighted by Gasteiger charge is 2.70. The Bertz CT molecular complexity index is 1310. The predicted molar refractivity (Wildman–Crippen MR) is 140 cm³/mol. The van der Waals surface area contributed by atoms with Crippen LogP contribution in [0.25, 0.3) is 10.9 Å². The second-order valence-corrected chi connectivity index (χ2v) is 11.0. The Labute approximate surface area is 203 Å². The number of ether oxygens (including phenoxy) is 1. The first kappa shape index (κ1) is 21.9. The lowest BCUT2D eigenvalue weighted by Gasteiger charge is -2.64. The van der Waals surface area contributed by atoms with Crippen molar-refractivity contribution < 1.29 is 4.74 Å². The van der Waals surface area contributed by atoms with Gasteiger partial charge in [-0.2, -0.15) is 0 Å². The van der Waals surface area contributed by atoms with Crippen molar-refractivity contribution in [2.24, 2.45) is 5.41 Å². The van der Waals surface area contributed by atoms with Crippen molar-refractivity contribution in [1.82, 2.24) is 9.88 Å². The van der Waals surface area contributed by atoms with Gasteiger partial charge in [-0.15, -0.1) is 0 Å². The Hall–Kier alpha value is -2.59. The van der Waals surface area contributed by atoms with Crippen LogP contribution in [-0.4, -0.2) is 43.6 Å². The van der Waals surface area contributed by atoms with E-state index in [-0.39, 0.29) is 16.9 Å². The van der Waals surface area contributed by atoms with E-state index in [4.69, 9.17) is 9.72 Å². The third-order valence-corrected chi connectivity index (χ3v) is 9.36. The number of aryl methyl sites for hydroxylation is 1. The number of hydrogen-bond donors (Lipinski definition) is 0. The molecule has 4 aliphatic rings. The minimum absolute atomic E-state index is 0.00511. The molecule has 4 atom stereocenters. The third kappa shape index (κ3) is 2.40. The lowest BCUT2D eigenvalue weighted by Crippen LogP contribution is -2.68. The monoisotopic (exact) mass is 455 g/mol. The van der Waals surface area contributed by atoms with Crippen LogP contribution in [0, 0.1) is 12.3 Å². The summed E-state index contributed by atoms with van der Waals surface area (Å²) < 4.78 is 7.02. The van der Waals surface area contributed by atoms with Crippen molar-refractivity contribution in [2.45, 2.75) is 64.5 Å². The van der Waals surface area contributed by atoms with Crippen molar-refractivity contribution in [3.05, 3.63) is 64.3 Å². The molecular weight excluding hydrogens is 418 g/mol. The van der Waals surface area contributed by atoms with Crippen LogP contribution in [0.3, 0.4) is 0 Å². The third-order valence-electron chi connectivity index (χ3n) is 9.36. The van der Waals surface area contributed by atoms with Crippen LogP contribution in [0.2, 0.25) is 0 Å². The molecule has 0 amide bonds. The molecule has 0 N–H and O–H groups in total. The molecule has 0 unspecified atom stereocenters. The summed E-state index contributed by atoms with van der Waals surface area (Å²) in [5.41, 5.74) is 9.37. The predicted octanol–water partition coefficient (Wildman–Crippen LogP) is 5.83. The Kier molecular flexibility index (Phi) is 4.64. The second-order valence-electron chi connectivity index (χ2n) is 11.0. The van der Waals surface area contributed by atoms with Gasteiger partial charge in [-0.3, -0.25) is 0 Å². The second kappa shape index (κ2) is 7.21. The van der Waals surface area contributed by atoms with Gasteiger partial charge in [-0.05, 0) is 57.0 Å². The number of aromatic nitrogens is 1. The maximum absolute atomic E-state index is 7.02. The zero-order valence-corrected chi connectivity index (χ0v) is 21.7. The van der Waals surface area contributed by atoms with E-state index in [2.05, 4.69) is 81.2 Å². The van der Waals surface area contributed by atoms with E-state index in [0.717, 1.165) is 37.1 Å². The summed E-state index contributed by atoms with van der Waals surface area (Å²) in [7, 11) is 6.68. The minimum atomic E-state index is -0.00842. The van der Waals surface area contributed by atoms with Gasteiger partial charge in [0.1, 0.15) is 5.75 Å². The fourth-order valence-electron chi connectivity index (χ4n) is 7.98. The number of anilines is 1. The van der Waals surface area contributed by atoms with E-state index in [0.29, 0.717) is 6.04 Å².